The zero-order valence-electron chi connectivity index (χ0n) is 9.84. The van der Waals surface area contributed by atoms with Crippen LogP contribution in [0.2, 0.25) is 0 Å². The normalized spacial score (nSPS) is 12.8. The van der Waals surface area contributed by atoms with Gasteiger partial charge >= 0.3 is 5.97 Å². The third-order valence-electron chi connectivity index (χ3n) is 3.02. The molecular formula is C13H10N2O4. The number of aromatic amines is 1. The Morgan fingerprint density at radius 3 is 3.00 bits per heavy atom. The molecule has 0 saturated carbocycles. The van der Waals surface area contributed by atoms with Crippen molar-refractivity contribution in [1.82, 2.24) is 9.97 Å². The van der Waals surface area contributed by atoms with Crippen LogP contribution in [0.15, 0.2) is 24.5 Å². The van der Waals surface area contributed by atoms with E-state index < -0.39 is 11.8 Å². The van der Waals surface area contributed by atoms with E-state index in [2.05, 4.69) is 9.97 Å². The van der Waals surface area contributed by atoms with Gasteiger partial charge in [-0.1, -0.05) is 0 Å². The Morgan fingerprint density at radius 2 is 2.21 bits per heavy atom. The second-order valence-corrected chi connectivity index (χ2v) is 4.18. The predicted molar refractivity (Wildman–Crippen MR) is 64.6 cm³/mol. The summed E-state index contributed by atoms with van der Waals surface area (Å²) in [7, 11) is 0. The lowest BCUT2D eigenvalue weighted by Gasteiger charge is -2.02. The number of hydrogen-bond donors (Lipinski definition) is 2. The highest BCUT2D eigenvalue weighted by molar-refractivity contribution is 6.12. The summed E-state index contributed by atoms with van der Waals surface area (Å²) in [5.41, 5.74) is 1.10. The third-order valence-corrected chi connectivity index (χ3v) is 3.02. The Balaban J connectivity index is 2.00. The van der Waals surface area contributed by atoms with Crippen molar-refractivity contribution in [3.05, 3.63) is 47.0 Å². The average Bonchev–Trinajstić information content (AvgIpc) is 3.05. The number of nitrogens with zero attached hydrogens (tertiary/aromatic N) is 1. The van der Waals surface area contributed by atoms with E-state index in [1.165, 1.54) is 6.33 Å². The van der Waals surface area contributed by atoms with Gasteiger partial charge in [-0.05, 0) is 23.8 Å². The molecule has 1 aromatic heterocycles. The molecule has 0 bridgehead atoms. The molecule has 3 rings (SSSR count). The zero-order chi connectivity index (χ0) is 13.4. The molecule has 2 heterocycles. The van der Waals surface area contributed by atoms with Crippen LogP contribution in [-0.2, 0) is 6.42 Å². The minimum Gasteiger partial charge on any atom is -0.493 e. The monoisotopic (exact) mass is 258 g/mol. The number of benzene rings is 1. The number of carbonyl (C=O) groups excluding carboxylic acids is 1. The van der Waals surface area contributed by atoms with Crippen molar-refractivity contribution in [3.8, 4) is 5.75 Å². The maximum atomic E-state index is 12.2. The molecule has 2 N–H and O–H groups in total. The summed E-state index contributed by atoms with van der Waals surface area (Å²) in [4.78, 5) is 29.5. The highest BCUT2D eigenvalue weighted by atomic mass is 16.5. The number of carboxylic acid groups (broad SMARTS) is 1. The first-order valence-electron chi connectivity index (χ1n) is 5.74. The molecule has 0 fully saturated rings. The Labute approximate surface area is 108 Å². The first-order chi connectivity index (χ1) is 9.16. The van der Waals surface area contributed by atoms with Crippen LogP contribution in [0.1, 0.15) is 32.1 Å². The zero-order valence-corrected chi connectivity index (χ0v) is 9.84. The lowest BCUT2D eigenvalue weighted by Crippen LogP contribution is -2.09. The van der Waals surface area contributed by atoms with E-state index in [-0.39, 0.29) is 11.4 Å². The maximum absolute atomic E-state index is 12.2. The van der Waals surface area contributed by atoms with Crippen molar-refractivity contribution in [2.24, 2.45) is 0 Å². The molecule has 2 aromatic rings. The number of ketones is 1. The van der Waals surface area contributed by atoms with Gasteiger partial charge in [0, 0.05) is 12.0 Å². The second-order valence-electron chi connectivity index (χ2n) is 4.18. The van der Waals surface area contributed by atoms with E-state index in [1.54, 1.807) is 18.2 Å². The third kappa shape index (κ3) is 1.87. The Morgan fingerprint density at radius 1 is 1.37 bits per heavy atom. The van der Waals surface area contributed by atoms with Crippen molar-refractivity contribution >= 4 is 11.8 Å². The van der Waals surface area contributed by atoms with Gasteiger partial charge in [0.1, 0.15) is 11.4 Å². The fourth-order valence-electron chi connectivity index (χ4n) is 2.09. The van der Waals surface area contributed by atoms with E-state index in [0.717, 1.165) is 17.7 Å². The number of nitrogens with one attached hydrogen (secondary N) is 1. The predicted octanol–water partition coefficient (Wildman–Crippen LogP) is 1.27. The molecule has 0 radical (unpaired) electrons. The highest BCUT2D eigenvalue weighted by Crippen LogP contribution is 2.26. The number of ether oxygens (including phenoxy) is 1. The Hall–Kier alpha value is -2.63. The van der Waals surface area contributed by atoms with Gasteiger partial charge in [-0.25, -0.2) is 9.78 Å². The van der Waals surface area contributed by atoms with E-state index in [4.69, 9.17) is 9.84 Å². The summed E-state index contributed by atoms with van der Waals surface area (Å²) < 4.78 is 5.36. The largest absolute Gasteiger partial charge is 0.493 e. The Kier molecular flexibility index (Phi) is 2.56. The number of fused-ring (bicyclic) bond motifs is 1. The number of carbonyl (C=O) groups is 2. The standard InChI is InChI=1S/C13H10N2O4/c16-12(10-11(13(17)18)15-6-14-10)8-1-2-9-7(5-8)3-4-19-9/h1-2,5-6H,3-4H2,(H,14,15)(H,17,18). The molecule has 0 unspecified atom stereocenters. The maximum Gasteiger partial charge on any atom is 0.354 e. The van der Waals surface area contributed by atoms with Crippen LogP contribution in [0.5, 0.6) is 5.75 Å². The molecule has 6 heteroatoms. The van der Waals surface area contributed by atoms with E-state index >= 15 is 0 Å². The second kappa shape index (κ2) is 4.24. The fourth-order valence-corrected chi connectivity index (χ4v) is 2.09. The fraction of sp³-hybridized carbons (Fsp3) is 0.154. The van der Waals surface area contributed by atoms with E-state index in [9.17, 15) is 9.59 Å². The van der Waals surface area contributed by atoms with Crippen molar-refractivity contribution in [2.75, 3.05) is 6.61 Å². The summed E-state index contributed by atoms with van der Waals surface area (Å²) in [5, 5.41) is 8.96. The van der Waals surface area contributed by atoms with E-state index in [1.807, 2.05) is 0 Å². The van der Waals surface area contributed by atoms with Gasteiger partial charge in [0.05, 0.1) is 12.9 Å². The summed E-state index contributed by atoms with van der Waals surface area (Å²) in [6.45, 7) is 0.607. The van der Waals surface area contributed by atoms with Crippen LogP contribution in [0, 0.1) is 0 Å². The van der Waals surface area contributed by atoms with Crippen molar-refractivity contribution < 1.29 is 19.4 Å². The van der Waals surface area contributed by atoms with Crippen molar-refractivity contribution in [1.29, 1.82) is 0 Å². The molecule has 0 spiro atoms. The number of carboxylic acids is 1. The number of aromatic carboxylic acids is 1. The molecule has 1 aliphatic heterocycles. The summed E-state index contributed by atoms with van der Waals surface area (Å²) in [6.07, 6.45) is 1.95. The number of hydrogen-bond acceptors (Lipinski definition) is 4. The molecule has 19 heavy (non-hydrogen) atoms. The number of imidazole rings is 1. The minimum absolute atomic E-state index is 0.0774. The number of H-pyrrole nitrogens is 1. The summed E-state index contributed by atoms with van der Waals surface area (Å²) >= 11 is 0. The first-order valence-corrected chi connectivity index (χ1v) is 5.74. The van der Waals surface area contributed by atoms with E-state index in [0.29, 0.717) is 12.2 Å². The molecule has 0 saturated heterocycles. The minimum atomic E-state index is -1.20. The van der Waals surface area contributed by atoms with Crippen molar-refractivity contribution in [2.45, 2.75) is 6.42 Å². The quantitative estimate of drug-likeness (QED) is 0.809. The molecule has 96 valence electrons. The van der Waals surface area contributed by atoms with Crippen LogP contribution >= 0.6 is 0 Å². The van der Waals surface area contributed by atoms with Gasteiger partial charge in [-0.2, -0.15) is 0 Å². The molecule has 1 aromatic carbocycles. The molecule has 0 amide bonds. The molecule has 6 nitrogen and oxygen atoms in total. The Bertz CT molecular complexity index is 675. The molecule has 1 aliphatic rings. The van der Waals surface area contributed by atoms with Gasteiger partial charge in [0.15, 0.2) is 5.69 Å². The smallest absolute Gasteiger partial charge is 0.354 e. The van der Waals surface area contributed by atoms with Gasteiger partial charge < -0.3 is 14.8 Å². The van der Waals surface area contributed by atoms with Crippen molar-refractivity contribution in [3.63, 3.8) is 0 Å². The van der Waals surface area contributed by atoms with Crippen LogP contribution < -0.4 is 4.74 Å². The lowest BCUT2D eigenvalue weighted by atomic mass is 10.0. The SMILES string of the molecule is O=C(c1ccc2c(c1)CCO2)c1nc[nH]c1C(=O)O. The summed E-state index contributed by atoms with van der Waals surface area (Å²) in [6, 6.07) is 5.07. The van der Waals surface area contributed by atoms with Crippen LogP contribution in [0.3, 0.4) is 0 Å². The van der Waals surface area contributed by atoms with Crippen LogP contribution in [-0.4, -0.2) is 33.4 Å². The van der Waals surface area contributed by atoms with Gasteiger partial charge in [-0.15, -0.1) is 0 Å². The lowest BCUT2D eigenvalue weighted by molar-refractivity contribution is 0.0687. The number of rotatable bonds is 3. The van der Waals surface area contributed by atoms with Gasteiger partial charge in [0.25, 0.3) is 0 Å². The van der Waals surface area contributed by atoms with Crippen LogP contribution in [0.25, 0.3) is 0 Å². The van der Waals surface area contributed by atoms with Gasteiger partial charge in [-0.3, -0.25) is 4.79 Å². The molecule has 0 aliphatic carbocycles. The molecule has 0 atom stereocenters. The average molecular weight is 258 g/mol. The topological polar surface area (TPSA) is 92.3 Å². The molecular weight excluding hydrogens is 248 g/mol. The van der Waals surface area contributed by atoms with Crippen LogP contribution in [0.4, 0.5) is 0 Å². The highest BCUT2D eigenvalue weighted by Gasteiger charge is 2.22. The first kappa shape index (κ1) is 11.5. The van der Waals surface area contributed by atoms with Gasteiger partial charge in [0.2, 0.25) is 5.78 Å². The number of aromatic nitrogens is 2. The summed E-state index contributed by atoms with van der Waals surface area (Å²) in [5.74, 6) is -0.837.